The van der Waals surface area contributed by atoms with Gasteiger partial charge in [-0.25, -0.2) is 4.79 Å². The molecule has 26 heavy (non-hydrogen) atoms. The van der Waals surface area contributed by atoms with Gasteiger partial charge in [-0.05, 0) is 60.1 Å². The van der Waals surface area contributed by atoms with Gasteiger partial charge in [0, 0.05) is 0 Å². The summed E-state index contributed by atoms with van der Waals surface area (Å²) in [6.07, 6.45) is -3.31. The molecule has 2 atom stereocenters. The fraction of sp³-hybridized carbons (Fsp3) is 0.350. The number of phenolic OH excluding ortho intramolecular Hbond substituents is 1. The van der Waals surface area contributed by atoms with Gasteiger partial charge in [0.1, 0.15) is 11.5 Å². The lowest BCUT2D eigenvalue weighted by molar-refractivity contribution is -0.189. The minimum absolute atomic E-state index is 0.136. The number of alkyl halides is 3. The molecule has 0 aliphatic heterocycles. The van der Waals surface area contributed by atoms with Crippen molar-refractivity contribution in [1.82, 2.24) is 0 Å². The van der Waals surface area contributed by atoms with Crippen LogP contribution in [0.15, 0.2) is 48.5 Å². The number of ether oxygens (including phenoxy) is 1. The molecule has 0 saturated carbocycles. The normalized spacial score (nSPS) is 13.9. The number of esters is 1. The summed E-state index contributed by atoms with van der Waals surface area (Å²) in [4.78, 5) is 10.9. The van der Waals surface area contributed by atoms with Crippen LogP contribution in [-0.2, 0) is 4.79 Å². The van der Waals surface area contributed by atoms with E-state index in [0.29, 0.717) is 0 Å². The first-order chi connectivity index (χ1) is 12.3. The van der Waals surface area contributed by atoms with E-state index in [-0.39, 0.29) is 23.3 Å². The standard InChI is InChI=1S/C20H21F3O3/c1-3-17(13-5-9-15(24)10-6-13)18(4-2)14-7-11-16(12-8-14)26-19(25)20(21,22)23/h5-12,17-18,24H,3-4H2,1-2H3. The van der Waals surface area contributed by atoms with Crippen LogP contribution in [0.25, 0.3) is 0 Å². The second-order valence-corrected chi connectivity index (χ2v) is 6.08. The quantitative estimate of drug-likeness (QED) is 0.539. The van der Waals surface area contributed by atoms with E-state index in [0.717, 1.165) is 24.0 Å². The third-order valence-electron chi connectivity index (χ3n) is 4.44. The number of hydrogen-bond acceptors (Lipinski definition) is 3. The number of carbonyl (C=O) groups is 1. The number of phenols is 1. The van der Waals surface area contributed by atoms with Gasteiger partial charge in [0.2, 0.25) is 0 Å². The second-order valence-electron chi connectivity index (χ2n) is 6.08. The molecule has 2 unspecified atom stereocenters. The van der Waals surface area contributed by atoms with Gasteiger partial charge in [0.25, 0.3) is 0 Å². The van der Waals surface area contributed by atoms with Crippen molar-refractivity contribution < 1.29 is 27.8 Å². The highest BCUT2D eigenvalue weighted by molar-refractivity contribution is 5.78. The van der Waals surface area contributed by atoms with Crippen molar-refractivity contribution in [3.8, 4) is 11.5 Å². The summed E-state index contributed by atoms with van der Waals surface area (Å²) in [6, 6.07) is 13.2. The van der Waals surface area contributed by atoms with E-state index >= 15 is 0 Å². The summed E-state index contributed by atoms with van der Waals surface area (Å²) in [5.74, 6) is -1.81. The van der Waals surface area contributed by atoms with Crippen LogP contribution in [0.3, 0.4) is 0 Å². The lowest BCUT2D eigenvalue weighted by atomic mass is 9.78. The van der Waals surface area contributed by atoms with Gasteiger partial charge >= 0.3 is 12.1 Å². The fourth-order valence-corrected chi connectivity index (χ4v) is 3.17. The summed E-state index contributed by atoms with van der Waals surface area (Å²) in [6.45, 7) is 4.12. The largest absolute Gasteiger partial charge is 0.508 e. The maximum atomic E-state index is 12.3. The van der Waals surface area contributed by atoms with Crippen LogP contribution < -0.4 is 4.74 Å². The number of benzene rings is 2. The van der Waals surface area contributed by atoms with Crippen molar-refractivity contribution in [2.45, 2.75) is 44.7 Å². The zero-order valence-electron chi connectivity index (χ0n) is 14.6. The number of halogens is 3. The molecule has 0 radical (unpaired) electrons. The minimum atomic E-state index is -5.02. The number of aromatic hydroxyl groups is 1. The van der Waals surface area contributed by atoms with Crippen molar-refractivity contribution in [2.24, 2.45) is 0 Å². The van der Waals surface area contributed by atoms with E-state index in [1.165, 1.54) is 12.1 Å². The van der Waals surface area contributed by atoms with Crippen LogP contribution in [0.2, 0.25) is 0 Å². The average Bonchev–Trinajstić information content (AvgIpc) is 2.60. The van der Waals surface area contributed by atoms with Crippen LogP contribution in [0, 0.1) is 0 Å². The SMILES string of the molecule is CCC(c1ccc(O)cc1)C(CC)c1ccc(OC(=O)C(F)(F)F)cc1. The van der Waals surface area contributed by atoms with Crippen LogP contribution in [0.4, 0.5) is 13.2 Å². The third kappa shape index (κ3) is 4.77. The van der Waals surface area contributed by atoms with E-state index in [1.54, 1.807) is 24.3 Å². The van der Waals surface area contributed by atoms with Gasteiger partial charge in [-0.3, -0.25) is 0 Å². The van der Waals surface area contributed by atoms with E-state index in [9.17, 15) is 23.1 Å². The molecule has 0 aliphatic carbocycles. The highest BCUT2D eigenvalue weighted by Gasteiger charge is 2.41. The molecule has 2 aromatic rings. The zero-order valence-corrected chi connectivity index (χ0v) is 14.6. The van der Waals surface area contributed by atoms with Gasteiger partial charge in [-0.15, -0.1) is 0 Å². The Bertz CT molecular complexity index is 721. The molecule has 0 aliphatic rings. The molecule has 6 heteroatoms. The van der Waals surface area contributed by atoms with Gasteiger partial charge in [0.15, 0.2) is 0 Å². The van der Waals surface area contributed by atoms with E-state index in [2.05, 4.69) is 11.7 Å². The van der Waals surface area contributed by atoms with Gasteiger partial charge in [0.05, 0.1) is 0 Å². The van der Waals surface area contributed by atoms with E-state index in [1.807, 2.05) is 19.1 Å². The summed E-state index contributed by atoms with van der Waals surface area (Å²) >= 11 is 0. The highest BCUT2D eigenvalue weighted by atomic mass is 19.4. The van der Waals surface area contributed by atoms with Crippen LogP contribution >= 0.6 is 0 Å². The second kappa shape index (κ2) is 8.25. The first kappa shape index (κ1) is 19.8. The third-order valence-corrected chi connectivity index (χ3v) is 4.44. The summed E-state index contributed by atoms with van der Waals surface area (Å²) in [7, 11) is 0. The molecule has 0 amide bonds. The van der Waals surface area contributed by atoms with Crippen molar-refractivity contribution in [3.63, 3.8) is 0 Å². The predicted molar refractivity (Wildman–Crippen MR) is 92.3 cm³/mol. The Balaban J connectivity index is 2.21. The first-order valence-electron chi connectivity index (χ1n) is 8.44. The molecule has 0 fully saturated rings. The molecule has 3 nitrogen and oxygen atoms in total. The van der Waals surface area contributed by atoms with Crippen molar-refractivity contribution in [2.75, 3.05) is 0 Å². The Hall–Kier alpha value is -2.50. The molecule has 140 valence electrons. The summed E-state index contributed by atoms with van der Waals surface area (Å²) < 4.78 is 41.2. The molecule has 0 aromatic heterocycles. The topological polar surface area (TPSA) is 46.5 Å². The number of hydrogen-bond donors (Lipinski definition) is 1. The van der Waals surface area contributed by atoms with Crippen molar-refractivity contribution in [3.05, 3.63) is 59.7 Å². The van der Waals surface area contributed by atoms with E-state index < -0.39 is 12.1 Å². The molecule has 0 spiro atoms. The molecule has 1 N–H and O–H groups in total. The summed E-state index contributed by atoms with van der Waals surface area (Å²) in [5, 5.41) is 9.46. The fourth-order valence-electron chi connectivity index (χ4n) is 3.17. The van der Waals surface area contributed by atoms with E-state index in [4.69, 9.17) is 0 Å². The number of carbonyl (C=O) groups excluding carboxylic acids is 1. The van der Waals surface area contributed by atoms with Crippen LogP contribution in [0.5, 0.6) is 11.5 Å². The molecule has 2 rings (SSSR count). The lowest BCUT2D eigenvalue weighted by Gasteiger charge is -2.26. The van der Waals surface area contributed by atoms with Gasteiger partial charge in [-0.2, -0.15) is 13.2 Å². The van der Waals surface area contributed by atoms with Crippen LogP contribution in [-0.4, -0.2) is 17.3 Å². The molecular weight excluding hydrogens is 345 g/mol. The lowest BCUT2D eigenvalue weighted by Crippen LogP contribution is -2.27. The first-order valence-corrected chi connectivity index (χ1v) is 8.44. The van der Waals surface area contributed by atoms with Crippen molar-refractivity contribution in [1.29, 1.82) is 0 Å². The average molecular weight is 366 g/mol. The molecule has 0 bridgehead atoms. The van der Waals surface area contributed by atoms with Crippen molar-refractivity contribution >= 4 is 5.97 Å². The zero-order chi connectivity index (χ0) is 19.3. The minimum Gasteiger partial charge on any atom is -0.508 e. The monoisotopic (exact) mass is 366 g/mol. The smallest absolute Gasteiger partial charge is 0.491 e. The molecule has 2 aromatic carbocycles. The Morgan fingerprint density at radius 1 is 0.923 bits per heavy atom. The summed E-state index contributed by atoms with van der Waals surface area (Å²) in [5.41, 5.74) is 2.05. The van der Waals surface area contributed by atoms with Gasteiger partial charge < -0.3 is 9.84 Å². The maximum absolute atomic E-state index is 12.3. The maximum Gasteiger partial charge on any atom is 0.491 e. The molecular formula is C20H21F3O3. The Morgan fingerprint density at radius 3 is 1.73 bits per heavy atom. The van der Waals surface area contributed by atoms with Gasteiger partial charge in [-0.1, -0.05) is 38.1 Å². The molecule has 0 saturated heterocycles. The Kier molecular flexibility index (Phi) is 6.29. The molecule has 0 heterocycles. The Labute approximate surface area is 150 Å². The highest BCUT2D eigenvalue weighted by Crippen LogP contribution is 2.38. The Morgan fingerprint density at radius 2 is 1.35 bits per heavy atom. The predicted octanol–water partition coefficient (Wildman–Crippen LogP) is 5.55. The van der Waals surface area contributed by atoms with Crippen LogP contribution in [0.1, 0.15) is 49.7 Å². The number of rotatable bonds is 6.